The van der Waals surface area contributed by atoms with Crippen molar-refractivity contribution in [3.8, 4) is 16.9 Å². The molecule has 0 aliphatic carbocycles. The lowest BCUT2D eigenvalue weighted by Crippen LogP contribution is -2.32. The Hall–Kier alpha value is -4.16. The molecule has 12 heteroatoms. The van der Waals surface area contributed by atoms with Crippen molar-refractivity contribution in [2.24, 2.45) is 0 Å². The van der Waals surface area contributed by atoms with Gasteiger partial charge in [0, 0.05) is 24.0 Å². The average Bonchev–Trinajstić information content (AvgIpc) is 3.25. The molecule has 36 heavy (non-hydrogen) atoms. The molecule has 4 aromatic rings. The van der Waals surface area contributed by atoms with E-state index in [-0.39, 0.29) is 16.3 Å². The lowest BCUT2D eigenvalue weighted by Gasteiger charge is -2.27. The van der Waals surface area contributed by atoms with Crippen molar-refractivity contribution in [3.05, 3.63) is 84.6 Å². The molecule has 1 amide bonds. The molecule has 0 saturated heterocycles. The van der Waals surface area contributed by atoms with E-state index in [1.54, 1.807) is 22.9 Å². The molecule has 0 fully saturated rings. The first-order valence-electron chi connectivity index (χ1n) is 10.7. The largest absolute Gasteiger partial charge is 0.321 e. The second kappa shape index (κ2) is 8.50. The maximum atomic E-state index is 13.4. The van der Waals surface area contributed by atoms with Crippen molar-refractivity contribution in [1.29, 1.82) is 0 Å². The van der Waals surface area contributed by atoms with Crippen LogP contribution in [0.25, 0.3) is 16.9 Å². The van der Waals surface area contributed by atoms with E-state index < -0.39 is 26.0 Å². The molecule has 0 bridgehead atoms. The Morgan fingerprint density at radius 3 is 2.17 bits per heavy atom. The summed E-state index contributed by atoms with van der Waals surface area (Å²) in [5.41, 5.74) is 2.38. The Kier molecular flexibility index (Phi) is 5.57. The van der Waals surface area contributed by atoms with Crippen LogP contribution in [-0.4, -0.2) is 45.8 Å². The smallest absolute Gasteiger partial charge is 0.278 e. The van der Waals surface area contributed by atoms with E-state index >= 15 is 0 Å². The Labute approximate surface area is 208 Å². The van der Waals surface area contributed by atoms with Gasteiger partial charge in [-0.15, -0.1) is 0 Å². The minimum atomic E-state index is -3.92. The summed E-state index contributed by atoms with van der Waals surface area (Å²) in [4.78, 5) is 13.5. The molecule has 5 rings (SSSR count). The van der Waals surface area contributed by atoms with E-state index in [4.69, 9.17) is 0 Å². The number of hydrogen-bond acceptors (Lipinski definition) is 6. The molecule has 0 unspecified atom stereocenters. The van der Waals surface area contributed by atoms with Gasteiger partial charge in [0.25, 0.3) is 15.9 Å². The van der Waals surface area contributed by atoms with Crippen LogP contribution < -0.4 is 14.3 Å². The number of anilines is 3. The third-order valence-electron chi connectivity index (χ3n) is 5.62. The number of sulfonamides is 2. The van der Waals surface area contributed by atoms with Gasteiger partial charge >= 0.3 is 0 Å². The molecule has 1 aromatic heterocycles. The van der Waals surface area contributed by atoms with Crippen molar-refractivity contribution >= 4 is 43.0 Å². The zero-order valence-corrected chi connectivity index (χ0v) is 20.8. The fourth-order valence-electron chi connectivity index (χ4n) is 4.04. The van der Waals surface area contributed by atoms with Gasteiger partial charge in [0.15, 0.2) is 5.69 Å². The van der Waals surface area contributed by atoms with Crippen LogP contribution in [0.15, 0.2) is 83.8 Å². The second-order valence-corrected chi connectivity index (χ2v) is 11.9. The van der Waals surface area contributed by atoms with Crippen molar-refractivity contribution in [3.63, 3.8) is 0 Å². The first kappa shape index (κ1) is 23.6. The number of aromatic nitrogens is 2. The first-order chi connectivity index (χ1) is 17.1. The van der Waals surface area contributed by atoms with Crippen molar-refractivity contribution < 1.29 is 21.6 Å². The van der Waals surface area contributed by atoms with Gasteiger partial charge in [-0.25, -0.2) is 21.5 Å². The Morgan fingerprint density at radius 2 is 1.50 bits per heavy atom. The number of amides is 1. The SMILES string of the molecule is CN1c2c(C(=O)Nc3ccc(NS(C)(=O)=O)cc3)nn(-c3ccccc3)c2-c2ccccc2S1(=O)=O. The fraction of sp³-hybridized carbons (Fsp3) is 0.0833. The van der Waals surface area contributed by atoms with Gasteiger partial charge < -0.3 is 5.32 Å². The molecule has 0 radical (unpaired) electrons. The van der Waals surface area contributed by atoms with E-state index in [2.05, 4.69) is 15.1 Å². The fourth-order valence-corrected chi connectivity index (χ4v) is 6.01. The third kappa shape index (κ3) is 4.10. The number of carbonyl (C=O) groups is 1. The van der Waals surface area contributed by atoms with E-state index in [0.717, 1.165) is 10.6 Å². The van der Waals surface area contributed by atoms with Gasteiger partial charge in [-0.2, -0.15) is 5.10 Å². The van der Waals surface area contributed by atoms with Crippen LogP contribution in [-0.2, 0) is 20.0 Å². The monoisotopic (exact) mass is 523 g/mol. The molecule has 2 heterocycles. The molecule has 0 atom stereocenters. The number of fused-ring (bicyclic) bond motifs is 3. The summed E-state index contributed by atoms with van der Waals surface area (Å²) in [6, 6.07) is 21.8. The van der Waals surface area contributed by atoms with Crippen LogP contribution in [0.5, 0.6) is 0 Å². The predicted octanol–water partition coefficient (Wildman–Crippen LogP) is 3.30. The number of nitrogens with one attached hydrogen (secondary N) is 2. The highest BCUT2D eigenvalue weighted by Crippen LogP contribution is 2.45. The molecule has 3 aromatic carbocycles. The molecule has 184 valence electrons. The summed E-state index contributed by atoms with van der Waals surface area (Å²) in [6.45, 7) is 0. The molecule has 0 spiro atoms. The van der Waals surface area contributed by atoms with Crippen LogP contribution >= 0.6 is 0 Å². The Bertz CT molecular complexity index is 1700. The van der Waals surface area contributed by atoms with E-state index in [1.165, 1.54) is 37.4 Å². The van der Waals surface area contributed by atoms with Gasteiger partial charge in [-0.1, -0.05) is 36.4 Å². The van der Waals surface area contributed by atoms with Crippen molar-refractivity contribution in [2.75, 3.05) is 27.6 Å². The van der Waals surface area contributed by atoms with Crippen molar-refractivity contribution in [2.45, 2.75) is 4.90 Å². The van der Waals surface area contributed by atoms with E-state index in [0.29, 0.717) is 28.3 Å². The standard InChI is InChI=1S/C24H21N5O5S2/c1-28-23-21(24(30)25-16-12-14-17(15-13-16)27-35(2,31)32)26-29(18-8-4-3-5-9-18)22(23)19-10-6-7-11-20(19)36(28,33)34/h3-15,27H,1-2H3,(H,25,30). The highest BCUT2D eigenvalue weighted by Gasteiger charge is 2.39. The summed E-state index contributed by atoms with van der Waals surface area (Å²) in [6.07, 6.45) is 1.04. The van der Waals surface area contributed by atoms with Gasteiger partial charge in [0.05, 0.1) is 16.8 Å². The van der Waals surface area contributed by atoms with Gasteiger partial charge in [-0.3, -0.25) is 13.8 Å². The maximum absolute atomic E-state index is 13.4. The van der Waals surface area contributed by atoms with Crippen LogP contribution in [0, 0.1) is 0 Å². The molecule has 0 saturated carbocycles. The number of nitrogens with zero attached hydrogens (tertiary/aromatic N) is 3. The lowest BCUT2D eigenvalue weighted by molar-refractivity contribution is 0.102. The van der Waals surface area contributed by atoms with E-state index in [9.17, 15) is 21.6 Å². The van der Waals surface area contributed by atoms with Crippen molar-refractivity contribution in [1.82, 2.24) is 9.78 Å². The number of benzene rings is 3. The van der Waals surface area contributed by atoms with Gasteiger partial charge in [0.2, 0.25) is 10.0 Å². The highest BCUT2D eigenvalue weighted by atomic mass is 32.2. The zero-order chi connectivity index (χ0) is 25.7. The second-order valence-electron chi connectivity index (χ2n) is 8.17. The lowest BCUT2D eigenvalue weighted by atomic mass is 10.1. The average molecular weight is 524 g/mol. The minimum absolute atomic E-state index is 0.0761. The number of para-hydroxylation sites is 1. The van der Waals surface area contributed by atoms with Crippen LogP contribution in [0.3, 0.4) is 0 Å². The molecule has 1 aliphatic rings. The summed E-state index contributed by atoms with van der Waals surface area (Å²) >= 11 is 0. The summed E-state index contributed by atoms with van der Waals surface area (Å²) in [5, 5.41) is 7.27. The van der Waals surface area contributed by atoms with Gasteiger partial charge in [-0.05, 0) is 42.5 Å². The van der Waals surface area contributed by atoms with Crippen LogP contribution in [0.1, 0.15) is 10.5 Å². The zero-order valence-electron chi connectivity index (χ0n) is 19.2. The summed E-state index contributed by atoms with van der Waals surface area (Å²) in [7, 11) is -5.97. The molecule has 10 nitrogen and oxygen atoms in total. The normalized spacial score (nSPS) is 14.0. The van der Waals surface area contributed by atoms with Crippen LogP contribution in [0.4, 0.5) is 17.1 Å². The topological polar surface area (TPSA) is 130 Å². The predicted molar refractivity (Wildman–Crippen MR) is 137 cm³/mol. The highest BCUT2D eigenvalue weighted by molar-refractivity contribution is 7.93. The third-order valence-corrected chi connectivity index (χ3v) is 8.04. The Morgan fingerprint density at radius 1 is 0.889 bits per heavy atom. The Balaban J connectivity index is 1.62. The number of carbonyl (C=O) groups excluding carboxylic acids is 1. The van der Waals surface area contributed by atoms with Gasteiger partial charge in [0.1, 0.15) is 11.4 Å². The van der Waals surface area contributed by atoms with E-state index in [1.807, 2.05) is 30.3 Å². The maximum Gasteiger partial charge on any atom is 0.278 e. The summed E-state index contributed by atoms with van der Waals surface area (Å²) in [5.74, 6) is -0.619. The first-order valence-corrected chi connectivity index (χ1v) is 14.1. The molecular formula is C24H21N5O5S2. The molecular weight excluding hydrogens is 502 g/mol. The summed E-state index contributed by atoms with van der Waals surface area (Å²) < 4.78 is 54.4. The quantitative estimate of drug-likeness (QED) is 0.413. The van der Waals surface area contributed by atoms with Crippen LogP contribution in [0.2, 0.25) is 0 Å². The molecule has 2 N–H and O–H groups in total. The number of hydrogen-bond donors (Lipinski definition) is 2. The molecule has 1 aliphatic heterocycles. The number of rotatable bonds is 5. The minimum Gasteiger partial charge on any atom is -0.321 e.